The third-order valence-corrected chi connectivity index (χ3v) is 5.87. The molecule has 3 aromatic rings. The summed E-state index contributed by atoms with van der Waals surface area (Å²) >= 11 is 0. The molecule has 0 bridgehead atoms. The molecule has 1 amide bonds. The zero-order valence-electron chi connectivity index (χ0n) is 16.3. The second-order valence-electron chi connectivity index (χ2n) is 8.06. The monoisotopic (exact) mass is 390 g/mol. The number of hydrogen-bond donors (Lipinski definition) is 3. The number of rotatable bonds is 6. The van der Waals surface area contributed by atoms with Gasteiger partial charge in [0.2, 0.25) is 5.91 Å². The van der Waals surface area contributed by atoms with E-state index in [1.54, 1.807) is 6.33 Å². The molecule has 150 valence electrons. The maximum atomic E-state index is 13.1. The number of aromatic nitrogens is 3. The van der Waals surface area contributed by atoms with Crippen LogP contribution in [0.3, 0.4) is 0 Å². The molecule has 2 aliphatic rings. The van der Waals surface area contributed by atoms with E-state index in [4.69, 9.17) is 0 Å². The van der Waals surface area contributed by atoms with Crippen LogP contribution in [0.2, 0.25) is 0 Å². The summed E-state index contributed by atoms with van der Waals surface area (Å²) < 4.78 is 0. The van der Waals surface area contributed by atoms with Crippen molar-refractivity contribution in [2.45, 2.75) is 37.8 Å². The van der Waals surface area contributed by atoms with Gasteiger partial charge in [-0.2, -0.15) is 0 Å². The van der Waals surface area contributed by atoms with Crippen LogP contribution in [0.1, 0.15) is 25.7 Å². The minimum Gasteiger partial charge on any atom is -0.373 e. The molecule has 2 atom stereocenters. The fourth-order valence-corrected chi connectivity index (χ4v) is 4.23. The quantitative estimate of drug-likeness (QED) is 0.603. The molecule has 1 aliphatic heterocycles. The zero-order valence-corrected chi connectivity index (χ0v) is 16.3. The number of nitrogens with one attached hydrogen (secondary N) is 3. The van der Waals surface area contributed by atoms with E-state index >= 15 is 0 Å². The average molecular weight is 390 g/mol. The number of fused-ring (bicyclic) bond motifs is 1. The van der Waals surface area contributed by atoms with E-state index in [2.05, 4.69) is 30.5 Å². The van der Waals surface area contributed by atoms with Crippen molar-refractivity contribution >= 4 is 28.4 Å². The number of para-hydroxylation sites is 1. The Bertz CT molecular complexity index is 983. The molecule has 1 aromatic carbocycles. The Morgan fingerprint density at radius 1 is 1.14 bits per heavy atom. The van der Waals surface area contributed by atoms with Gasteiger partial charge in [-0.1, -0.05) is 18.2 Å². The molecule has 0 radical (unpaired) electrons. The zero-order chi connectivity index (χ0) is 19.6. The second-order valence-corrected chi connectivity index (χ2v) is 8.06. The number of amides is 1. The van der Waals surface area contributed by atoms with Gasteiger partial charge in [-0.15, -0.1) is 0 Å². The van der Waals surface area contributed by atoms with Crippen molar-refractivity contribution in [2.24, 2.45) is 5.92 Å². The highest BCUT2D eigenvalue weighted by Gasteiger charge is 2.37. The lowest BCUT2D eigenvalue weighted by molar-refractivity contribution is -0.123. The first kappa shape index (κ1) is 18.0. The Kier molecular flexibility index (Phi) is 4.79. The third-order valence-electron chi connectivity index (χ3n) is 5.87. The Balaban J connectivity index is 1.27. The van der Waals surface area contributed by atoms with E-state index in [1.807, 2.05) is 42.6 Å². The molecule has 7 heteroatoms. The summed E-state index contributed by atoms with van der Waals surface area (Å²) in [6.45, 7) is 1.71. The first-order chi connectivity index (χ1) is 14.3. The Labute approximate surface area is 169 Å². The molecule has 7 nitrogen and oxygen atoms in total. The van der Waals surface area contributed by atoms with Crippen LogP contribution < -0.4 is 15.5 Å². The number of carbonyl (C=O) groups is 1. The van der Waals surface area contributed by atoms with Gasteiger partial charge in [-0.05, 0) is 49.8 Å². The lowest BCUT2D eigenvalue weighted by atomic mass is 10.0. The SMILES string of the molecule is O=C(N[C@@H]1CCCN(c2ncnc3[nH]ccc23)C1)[C@H](Nc1ccccc1)C1CC1. The second kappa shape index (κ2) is 7.73. The summed E-state index contributed by atoms with van der Waals surface area (Å²) in [4.78, 5) is 27.3. The maximum absolute atomic E-state index is 13.1. The van der Waals surface area contributed by atoms with Gasteiger partial charge >= 0.3 is 0 Å². The molecule has 29 heavy (non-hydrogen) atoms. The van der Waals surface area contributed by atoms with Crippen molar-refractivity contribution in [1.29, 1.82) is 0 Å². The van der Waals surface area contributed by atoms with Crippen LogP contribution in [-0.2, 0) is 4.79 Å². The van der Waals surface area contributed by atoms with Gasteiger partial charge in [0.25, 0.3) is 0 Å². The first-order valence-electron chi connectivity index (χ1n) is 10.4. The number of hydrogen-bond acceptors (Lipinski definition) is 5. The van der Waals surface area contributed by atoms with Crippen LogP contribution in [-0.4, -0.2) is 46.0 Å². The molecule has 5 rings (SSSR count). The minimum absolute atomic E-state index is 0.109. The number of carbonyl (C=O) groups excluding carboxylic acids is 1. The number of aromatic amines is 1. The van der Waals surface area contributed by atoms with Crippen LogP contribution in [0, 0.1) is 5.92 Å². The van der Waals surface area contributed by atoms with Crippen molar-refractivity contribution in [3.05, 3.63) is 48.9 Å². The van der Waals surface area contributed by atoms with E-state index in [9.17, 15) is 4.79 Å². The smallest absolute Gasteiger partial charge is 0.243 e. The van der Waals surface area contributed by atoms with Crippen LogP contribution in [0.4, 0.5) is 11.5 Å². The topological polar surface area (TPSA) is 85.9 Å². The number of anilines is 2. The summed E-state index contributed by atoms with van der Waals surface area (Å²) in [5, 5.41) is 7.78. The normalized spacial score (nSPS) is 20.4. The average Bonchev–Trinajstić information content (AvgIpc) is 3.48. The molecule has 3 heterocycles. The highest BCUT2D eigenvalue weighted by molar-refractivity contribution is 5.88. The number of piperidine rings is 1. The molecule has 0 spiro atoms. The standard InChI is InChI=1S/C22H26N6O/c29-22(19(15-8-9-15)26-16-5-2-1-3-6-16)27-17-7-4-12-28(13-17)21-18-10-11-23-20(18)24-14-25-21/h1-3,5-6,10-11,14-15,17,19,26H,4,7-9,12-13H2,(H,27,29)(H,23,24,25)/t17-,19-/m1/s1. The minimum atomic E-state index is -0.164. The Morgan fingerprint density at radius 2 is 2.00 bits per heavy atom. The predicted octanol–water partition coefficient (Wildman–Crippen LogP) is 2.93. The Hall–Kier alpha value is -3.09. The van der Waals surface area contributed by atoms with Gasteiger partial charge in [0.1, 0.15) is 23.8 Å². The molecule has 2 fully saturated rings. The van der Waals surface area contributed by atoms with Crippen molar-refractivity contribution < 1.29 is 4.79 Å². The van der Waals surface area contributed by atoms with E-state index in [-0.39, 0.29) is 18.0 Å². The summed E-state index contributed by atoms with van der Waals surface area (Å²) in [5.74, 6) is 1.48. The van der Waals surface area contributed by atoms with Crippen molar-refractivity contribution in [3.63, 3.8) is 0 Å². The fraction of sp³-hybridized carbons (Fsp3) is 0.409. The summed E-state index contributed by atoms with van der Waals surface area (Å²) in [5.41, 5.74) is 1.85. The van der Waals surface area contributed by atoms with E-state index in [0.717, 1.165) is 61.3 Å². The van der Waals surface area contributed by atoms with Gasteiger partial charge in [0.05, 0.1) is 5.39 Å². The molecular formula is C22H26N6O. The summed E-state index contributed by atoms with van der Waals surface area (Å²) in [6.07, 6.45) is 7.74. The summed E-state index contributed by atoms with van der Waals surface area (Å²) in [7, 11) is 0. The summed E-state index contributed by atoms with van der Waals surface area (Å²) in [6, 6.07) is 12.0. The highest BCUT2D eigenvalue weighted by Crippen LogP contribution is 2.34. The Morgan fingerprint density at radius 3 is 2.83 bits per heavy atom. The molecule has 2 aromatic heterocycles. The van der Waals surface area contributed by atoms with Crippen LogP contribution in [0.5, 0.6) is 0 Å². The van der Waals surface area contributed by atoms with E-state index < -0.39 is 0 Å². The molecule has 3 N–H and O–H groups in total. The van der Waals surface area contributed by atoms with Crippen LogP contribution in [0.25, 0.3) is 11.0 Å². The number of H-pyrrole nitrogens is 1. The lowest BCUT2D eigenvalue weighted by Crippen LogP contribution is -2.52. The molecule has 1 saturated heterocycles. The molecule has 1 saturated carbocycles. The van der Waals surface area contributed by atoms with Crippen LogP contribution >= 0.6 is 0 Å². The van der Waals surface area contributed by atoms with Gasteiger partial charge < -0.3 is 20.5 Å². The molecular weight excluding hydrogens is 364 g/mol. The van der Waals surface area contributed by atoms with Crippen molar-refractivity contribution in [2.75, 3.05) is 23.3 Å². The van der Waals surface area contributed by atoms with Crippen molar-refractivity contribution in [3.8, 4) is 0 Å². The first-order valence-corrected chi connectivity index (χ1v) is 10.4. The molecule has 1 aliphatic carbocycles. The van der Waals surface area contributed by atoms with Crippen molar-refractivity contribution in [1.82, 2.24) is 20.3 Å². The van der Waals surface area contributed by atoms with Gasteiger partial charge in [0.15, 0.2) is 0 Å². The highest BCUT2D eigenvalue weighted by atomic mass is 16.2. The van der Waals surface area contributed by atoms with Gasteiger partial charge in [-0.25, -0.2) is 9.97 Å². The predicted molar refractivity (Wildman–Crippen MR) is 114 cm³/mol. The number of nitrogens with zero attached hydrogens (tertiary/aromatic N) is 3. The fourth-order valence-electron chi connectivity index (χ4n) is 4.23. The van der Waals surface area contributed by atoms with Gasteiger partial charge in [0, 0.05) is 31.0 Å². The van der Waals surface area contributed by atoms with E-state index in [1.165, 1.54) is 0 Å². The van der Waals surface area contributed by atoms with E-state index in [0.29, 0.717) is 5.92 Å². The van der Waals surface area contributed by atoms with Crippen LogP contribution in [0.15, 0.2) is 48.9 Å². The number of benzene rings is 1. The third kappa shape index (κ3) is 3.90. The lowest BCUT2D eigenvalue weighted by Gasteiger charge is -2.35. The molecule has 0 unspecified atom stereocenters. The maximum Gasteiger partial charge on any atom is 0.243 e. The van der Waals surface area contributed by atoms with Gasteiger partial charge in [-0.3, -0.25) is 4.79 Å². The largest absolute Gasteiger partial charge is 0.373 e.